The van der Waals surface area contributed by atoms with Crippen LogP contribution in [0.5, 0.6) is 0 Å². The first kappa shape index (κ1) is 34.5. The molecule has 0 aliphatic heterocycles. The Hall–Kier alpha value is -1.70. The number of aryl methyl sites for hydroxylation is 2. The average Bonchev–Trinajstić information content (AvgIpc) is 3.30. The fourth-order valence-electron chi connectivity index (χ4n) is 4.23. The molecule has 4 heteroatoms. The van der Waals surface area contributed by atoms with Gasteiger partial charge in [0.25, 0.3) is 0 Å². The molecule has 0 spiro atoms. The fourth-order valence-corrected chi connectivity index (χ4v) is 4.23. The van der Waals surface area contributed by atoms with Crippen molar-refractivity contribution in [3.05, 3.63) is 123 Å². The van der Waals surface area contributed by atoms with Crippen LogP contribution in [0.15, 0.2) is 97.1 Å². The predicted octanol–water partition coefficient (Wildman–Crippen LogP) is 9.40. The molecular weight excluding hydrogens is 551 g/mol. The van der Waals surface area contributed by atoms with Crippen molar-refractivity contribution in [1.29, 1.82) is 0 Å². The van der Waals surface area contributed by atoms with E-state index in [-0.39, 0.29) is 76.8 Å². The van der Waals surface area contributed by atoms with Gasteiger partial charge >= 0.3 is 26.2 Å². The van der Waals surface area contributed by atoms with Crippen molar-refractivity contribution >= 4 is 78.9 Å². The normalized spacial score (nSPS) is 9.24. The van der Waals surface area contributed by atoms with Crippen LogP contribution in [0.25, 0.3) is 43.1 Å². The van der Waals surface area contributed by atoms with Gasteiger partial charge in [-0.05, 0) is 0 Å². The van der Waals surface area contributed by atoms with Gasteiger partial charge in [0, 0.05) is 11.0 Å². The maximum absolute atomic E-state index is 2.26. The molecule has 0 bridgehead atoms. The Kier molecular flexibility index (Phi) is 14.8. The second-order valence-corrected chi connectivity index (χ2v) is 7.64. The summed E-state index contributed by atoms with van der Waals surface area (Å²) in [7, 11) is 0. The molecule has 0 unspecified atom stereocenters. The van der Waals surface area contributed by atoms with Gasteiger partial charge in [-0.1, -0.05) is 96.1 Å². The molecule has 0 heterocycles. The first-order chi connectivity index (χ1) is 13.7. The largest absolute Gasteiger partial charge is 4.00 e. The van der Waals surface area contributed by atoms with Gasteiger partial charge in [-0.3, -0.25) is 0 Å². The number of benzene rings is 4. The Labute approximate surface area is 240 Å². The van der Waals surface area contributed by atoms with Crippen LogP contribution in [0.3, 0.4) is 0 Å². The van der Waals surface area contributed by atoms with Gasteiger partial charge < -0.3 is 14.9 Å². The molecule has 0 N–H and O–H groups in total. The van der Waals surface area contributed by atoms with E-state index < -0.39 is 0 Å². The Bertz CT molecular complexity index is 1330. The van der Waals surface area contributed by atoms with Crippen LogP contribution in [-0.4, -0.2) is 11.0 Å². The van der Waals surface area contributed by atoms with Crippen LogP contribution in [0, 0.1) is 28.7 Å². The third kappa shape index (κ3) is 6.70. The van der Waals surface area contributed by atoms with Gasteiger partial charge in [0.15, 0.2) is 0 Å². The Balaban J connectivity index is 0. The maximum atomic E-state index is 2.26. The minimum Gasteiger partial charge on any atom is -0.358 e. The molecule has 0 atom stereocenters. The van der Waals surface area contributed by atoms with Gasteiger partial charge in [0.2, 0.25) is 0 Å². The molecule has 0 nitrogen and oxygen atoms in total. The molecule has 0 aliphatic rings. The van der Waals surface area contributed by atoms with Crippen molar-refractivity contribution in [3.8, 4) is 0 Å². The molecule has 0 fully saturated rings. The third-order valence-electron chi connectivity index (χ3n) is 5.52. The summed E-state index contributed by atoms with van der Waals surface area (Å²) >= 11 is 0. The summed E-state index contributed by atoms with van der Waals surface area (Å²) in [5.74, 6) is 0. The van der Waals surface area contributed by atoms with Crippen LogP contribution in [0.2, 0.25) is 0 Å². The van der Waals surface area contributed by atoms with E-state index >= 15 is 0 Å². The summed E-state index contributed by atoms with van der Waals surface area (Å²) in [6, 6.07) is 34.9. The smallest absolute Gasteiger partial charge is 0.358 e. The molecule has 0 aromatic heterocycles. The van der Waals surface area contributed by atoms with E-state index in [1.807, 2.05) is 0 Å². The van der Waals surface area contributed by atoms with Crippen LogP contribution >= 0.6 is 24.8 Å². The molecule has 0 amide bonds. The third-order valence-corrected chi connectivity index (χ3v) is 5.52. The Morgan fingerprint density at radius 3 is 1.21 bits per heavy atom. The zero-order valence-electron chi connectivity index (χ0n) is 20.1. The van der Waals surface area contributed by atoms with Crippen molar-refractivity contribution in [2.75, 3.05) is 0 Å². The summed E-state index contributed by atoms with van der Waals surface area (Å²) in [5.41, 5.74) is 2.69. The molecule has 172 valence electrons. The molecule has 0 aliphatic carbocycles. The first-order valence-electron chi connectivity index (χ1n) is 9.79. The zero-order chi connectivity index (χ0) is 19.1. The fraction of sp³-hybridized carbons (Fsp3) is 0.0667. The standard InChI is InChI=1S/2C14H11.2CH3.2ClH.Si.Zr/c2*1-10-8-12-7-6-11-4-2-3-5-13(11)14(12)9-10;;;;;;/h2*2-9H,1H3;2*1H3;2*1H;;/q4*-1;;;;+4. The van der Waals surface area contributed by atoms with Gasteiger partial charge in [0.1, 0.15) is 0 Å². The van der Waals surface area contributed by atoms with Crippen molar-refractivity contribution < 1.29 is 26.2 Å². The van der Waals surface area contributed by atoms with Crippen molar-refractivity contribution in [1.82, 2.24) is 0 Å². The van der Waals surface area contributed by atoms with Crippen LogP contribution in [-0.2, 0) is 26.2 Å². The second kappa shape index (κ2) is 14.6. The number of halogens is 2. The van der Waals surface area contributed by atoms with Gasteiger partial charge in [-0.2, -0.15) is 12.1 Å². The monoisotopic (exact) mass is 578 g/mol. The Morgan fingerprint density at radius 2 is 0.824 bits per heavy atom. The number of hydrogen-bond acceptors (Lipinski definition) is 0. The summed E-state index contributed by atoms with van der Waals surface area (Å²) in [5, 5.41) is 10.8. The van der Waals surface area contributed by atoms with Crippen molar-refractivity contribution in [2.24, 2.45) is 0 Å². The van der Waals surface area contributed by atoms with Crippen molar-refractivity contribution in [3.63, 3.8) is 0 Å². The van der Waals surface area contributed by atoms with Crippen molar-refractivity contribution in [2.45, 2.75) is 13.8 Å². The summed E-state index contributed by atoms with van der Waals surface area (Å²) in [4.78, 5) is 0. The second-order valence-electron chi connectivity index (χ2n) is 7.64. The predicted molar refractivity (Wildman–Crippen MR) is 157 cm³/mol. The minimum atomic E-state index is 0. The van der Waals surface area contributed by atoms with E-state index in [0.717, 1.165) is 0 Å². The molecule has 6 aromatic rings. The number of rotatable bonds is 0. The number of fused-ring (bicyclic) bond motifs is 6. The van der Waals surface area contributed by atoms with Crippen LogP contribution in [0.4, 0.5) is 0 Å². The van der Waals surface area contributed by atoms with E-state index in [1.165, 1.54) is 54.2 Å². The topological polar surface area (TPSA) is 0 Å². The molecule has 6 rings (SSSR count). The van der Waals surface area contributed by atoms with E-state index in [1.54, 1.807) is 0 Å². The van der Waals surface area contributed by atoms with E-state index in [9.17, 15) is 0 Å². The van der Waals surface area contributed by atoms with E-state index in [0.29, 0.717) is 0 Å². The SMILES string of the molecule is Cc1cc2ccc3ccccc3c2[cH-]1.Cc1cc2ccc3ccccc3c2[cH-]1.Cl.Cl.[CH3-].[CH3-].[Si].[Zr+4]. The quantitative estimate of drug-likeness (QED) is 0.124. The average molecular weight is 581 g/mol. The molecule has 4 radical (unpaired) electrons. The minimum absolute atomic E-state index is 0. The van der Waals surface area contributed by atoms with Crippen LogP contribution < -0.4 is 0 Å². The van der Waals surface area contributed by atoms with Gasteiger partial charge in [-0.25, -0.2) is 0 Å². The Morgan fingerprint density at radius 1 is 0.500 bits per heavy atom. The van der Waals surface area contributed by atoms with Gasteiger partial charge in [-0.15, -0.1) is 81.8 Å². The van der Waals surface area contributed by atoms with E-state index in [4.69, 9.17) is 0 Å². The van der Waals surface area contributed by atoms with Crippen LogP contribution in [0.1, 0.15) is 11.1 Å². The summed E-state index contributed by atoms with van der Waals surface area (Å²) in [6.07, 6.45) is 0. The molecular formula is C30H30Cl2SiZr. The molecule has 6 aromatic carbocycles. The number of hydrogen-bond donors (Lipinski definition) is 0. The summed E-state index contributed by atoms with van der Waals surface area (Å²) in [6.45, 7) is 4.30. The van der Waals surface area contributed by atoms with Gasteiger partial charge in [0.05, 0.1) is 0 Å². The zero-order valence-corrected chi connectivity index (χ0v) is 25.1. The molecule has 0 saturated carbocycles. The summed E-state index contributed by atoms with van der Waals surface area (Å²) < 4.78 is 0. The van der Waals surface area contributed by atoms with E-state index in [2.05, 4.69) is 111 Å². The molecule has 34 heavy (non-hydrogen) atoms. The first-order valence-corrected chi connectivity index (χ1v) is 9.79. The maximum Gasteiger partial charge on any atom is 4.00 e. The molecule has 0 saturated heterocycles.